The fourth-order valence-electron chi connectivity index (χ4n) is 1.46. The number of aliphatic hydroxyl groups excluding tert-OH is 1. The van der Waals surface area contributed by atoms with Crippen LogP contribution in [0.3, 0.4) is 0 Å². The first kappa shape index (κ1) is 11.6. The van der Waals surface area contributed by atoms with Gasteiger partial charge in [0, 0.05) is 19.8 Å². The lowest BCUT2D eigenvalue weighted by molar-refractivity contribution is 0.155. The van der Waals surface area contributed by atoms with E-state index in [0.29, 0.717) is 0 Å². The van der Waals surface area contributed by atoms with Gasteiger partial charge in [-0.15, -0.1) is 0 Å². The number of rotatable bonds is 5. The summed E-state index contributed by atoms with van der Waals surface area (Å²) in [5.41, 5.74) is 0. The second-order valence-corrected chi connectivity index (χ2v) is 5.87. The summed E-state index contributed by atoms with van der Waals surface area (Å²) in [4.78, 5) is 0.123. The number of nitrogens with one attached hydrogen (secondary N) is 1. The van der Waals surface area contributed by atoms with Crippen molar-refractivity contribution < 1.29 is 13.5 Å². The quantitative estimate of drug-likeness (QED) is 0.730. The van der Waals surface area contributed by atoms with Gasteiger partial charge in [-0.2, -0.15) is 5.10 Å². The van der Waals surface area contributed by atoms with Crippen LogP contribution in [0.15, 0.2) is 17.3 Å². The average molecular weight is 245 g/mol. The van der Waals surface area contributed by atoms with Crippen LogP contribution >= 0.6 is 0 Å². The number of aromatic nitrogens is 2. The monoisotopic (exact) mass is 245 g/mol. The van der Waals surface area contributed by atoms with E-state index in [1.807, 2.05) is 0 Å². The highest BCUT2D eigenvalue weighted by molar-refractivity contribution is 7.89. The summed E-state index contributed by atoms with van der Waals surface area (Å²) in [5, 5.41) is 13.3. The van der Waals surface area contributed by atoms with Gasteiger partial charge in [0.05, 0.1) is 12.3 Å². The smallest absolute Gasteiger partial charge is 0.243 e. The van der Waals surface area contributed by atoms with Crippen molar-refractivity contribution in [1.29, 1.82) is 0 Å². The van der Waals surface area contributed by atoms with E-state index in [4.69, 9.17) is 0 Å². The molecule has 1 aliphatic rings. The Morgan fingerprint density at radius 3 is 2.88 bits per heavy atom. The molecule has 0 bridgehead atoms. The normalized spacial score (nSPS) is 18.6. The second-order valence-electron chi connectivity index (χ2n) is 4.11. The zero-order valence-electron chi connectivity index (χ0n) is 9.00. The summed E-state index contributed by atoms with van der Waals surface area (Å²) >= 11 is 0. The fourth-order valence-corrected chi connectivity index (χ4v) is 2.50. The highest BCUT2D eigenvalue weighted by atomic mass is 32.2. The summed E-state index contributed by atoms with van der Waals surface area (Å²) in [5.74, 6) is 0.261. The molecule has 0 aromatic carbocycles. The number of hydrogen-bond donors (Lipinski definition) is 2. The van der Waals surface area contributed by atoms with Gasteiger partial charge in [0.1, 0.15) is 4.90 Å². The van der Waals surface area contributed by atoms with Gasteiger partial charge in [-0.25, -0.2) is 13.1 Å². The lowest BCUT2D eigenvalue weighted by atomic mass is 10.2. The molecule has 6 nitrogen and oxygen atoms in total. The maximum absolute atomic E-state index is 11.7. The van der Waals surface area contributed by atoms with Crippen LogP contribution in [0.25, 0.3) is 0 Å². The first-order valence-corrected chi connectivity index (χ1v) is 6.64. The van der Waals surface area contributed by atoms with Crippen LogP contribution in [0.4, 0.5) is 0 Å². The zero-order valence-corrected chi connectivity index (χ0v) is 9.81. The highest BCUT2D eigenvalue weighted by Crippen LogP contribution is 2.32. The van der Waals surface area contributed by atoms with E-state index in [2.05, 4.69) is 9.82 Å². The van der Waals surface area contributed by atoms with Crippen LogP contribution in [0.5, 0.6) is 0 Å². The van der Waals surface area contributed by atoms with Gasteiger partial charge in [-0.05, 0) is 18.8 Å². The van der Waals surface area contributed by atoms with Crippen LogP contribution < -0.4 is 4.72 Å². The molecule has 2 N–H and O–H groups in total. The molecule has 1 fully saturated rings. The highest BCUT2D eigenvalue weighted by Gasteiger charge is 2.30. The maximum Gasteiger partial charge on any atom is 0.243 e. The van der Waals surface area contributed by atoms with Crippen molar-refractivity contribution in [1.82, 2.24) is 14.5 Å². The van der Waals surface area contributed by atoms with Crippen LogP contribution in [0.2, 0.25) is 0 Å². The summed E-state index contributed by atoms with van der Waals surface area (Å²) in [6.45, 7) is 0.0713. The molecule has 1 aromatic rings. The van der Waals surface area contributed by atoms with Gasteiger partial charge in [-0.3, -0.25) is 4.68 Å². The van der Waals surface area contributed by atoms with E-state index in [9.17, 15) is 13.5 Å². The molecular weight excluding hydrogens is 230 g/mol. The zero-order chi connectivity index (χ0) is 11.8. The molecule has 1 saturated carbocycles. The second kappa shape index (κ2) is 4.15. The largest absolute Gasteiger partial charge is 0.391 e. The van der Waals surface area contributed by atoms with Crippen molar-refractivity contribution in [3.63, 3.8) is 0 Å². The van der Waals surface area contributed by atoms with Crippen molar-refractivity contribution in [3.8, 4) is 0 Å². The van der Waals surface area contributed by atoms with E-state index < -0.39 is 16.1 Å². The Kier molecular flexibility index (Phi) is 3.00. The van der Waals surface area contributed by atoms with E-state index in [1.54, 1.807) is 7.05 Å². The molecular formula is C9H15N3O3S. The molecule has 1 aromatic heterocycles. The van der Waals surface area contributed by atoms with Crippen LogP contribution in [-0.4, -0.2) is 36.0 Å². The topological polar surface area (TPSA) is 84.2 Å². The molecule has 0 spiro atoms. The summed E-state index contributed by atoms with van der Waals surface area (Å²) < 4.78 is 27.2. The van der Waals surface area contributed by atoms with Gasteiger partial charge in [0.25, 0.3) is 0 Å². The first-order valence-electron chi connectivity index (χ1n) is 5.15. The van der Waals surface area contributed by atoms with Gasteiger partial charge in [-0.1, -0.05) is 0 Å². The maximum atomic E-state index is 11.7. The van der Waals surface area contributed by atoms with Gasteiger partial charge in [0.2, 0.25) is 10.0 Å². The number of nitrogens with zero attached hydrogens (tertiary/aromatic N) is 2. The summed E-state index contributed by atoms with van der Waals surface area (Å²) in [7, 11) is -1.88. The molecule has 1 unspecified atom stereocenters. The molecule has 90 valence electrons. The van der Waals surface area contributed by atoms with Crippen molar-refractivity contribution in [2.24, 2.45) is 13.0 Å². The molecule has 0 aliphatic heterocycles. The van der Waals surface area contributed by atoms with Crippen molar-refractivity contribution in [2.45, 2.75) is 23.8 Å². The van der Waals surface area contributed by atoms with Gasteiger partial charge >= 0.3 is 0 Å². The fraction of sp³-hybridized carbons (Fsp3) is 0.667. The molecule has 16 heavy (non-hydrogen) atoms. The molecule has 0 saturated heterocycles. The molecule has 7 heteroatoms. The van der Waals surface area contributed by atoms with Gasteiger partial charge in [0.15, 0.2) is 0 Å². The Morgan fingerprint density at radius 2 is 2.38 bits per heavy atom. The number of aliphatic hydroxyl groups is 1. The van der Waals surface area contributed by atoms with E-state index in [-0.39, 0.29) is 17.4 Å². The Labute approximate surface area is 94.3 Å². The first-order chi connectivity index (χ1) is 7.49. The van der Waals surface area contributed by atoms with E-state index in [0.717, 1.165) is 12.8 Å². The van der Waals surface area contributed by atoms with Crippen molar-refractivity contribution in [2.75, 3.05) is 6.54 Å². The number of aryl methyl sites for hydroxylation is 1. The Bertz CT molecular complexity index is 464. The molecule has 0 amide bonds. The van der Waals surface area contributed by atoms with Crippen molar-refractivity contribution in [3.05, 3.63) is 12.4 Å². The lowest BCUT2D eigenvalue weighted by Gasteiger charge is -2.09. The molecule has 2 rings (SSSR count). The molecule has 0 radical (unpaired) electrons. The minimum atomic E-state index is -3.53. The SMILES string of the molecule is Cn1cc(S(=O)(=O)NCC(O)C2CC2)cn1. The number of hydrogen-bond acceptors (Lipinski definition) is 4. The minimum absolute atomic E-state index is 0.0713. The third-order valence-electron chi connectivity index (χ3n) is 2.64. The molecule has 1 heterocycles. The third-order valence-corrected chi connectivity index (χ3v) is 4.02. The van der Waals surface area contributed by atoms with Crippen LogP contribution in [0, 0.1) is 5.92 Å². The van der Waals surface area contributed by atoms with Gasteiger partial charge < -0.3 is 5.11 Å². The Hall–Kier alpha value is -0.920. The standard InChI is InChI=1S/C9H15N3O3S/c1-12-6-8(4-10-12)16(14,15)11-5-9(13)7-2-3-7/h4,6-7,9,11,13H,2-3,5H2,1H3. The lowest BCUT2D eigenvalue weighted by Crippen LogP contribution is -2.33. The van der Waals surface area contributed by atoms with Crippen LogP contribution in [0.1, 0.15) is 12.8 Å². The number of sulfonamides is 1. The van der Waals surface area contributed by atoms with E-state index >= 15 is 0 Å². The van der Waals surface area contributed by atoms with Crippen LogP contribution in [-0.2, 0) is 17.1 Å². The Balaban J connectivity index is 1.97. The average Bonchev–Trinajstić information content (AvgIpc) is 2.98. The predicted molar refractivity (Wildman–Crippen MR) is 57.1 cm³/mol. The van der Waals surface area contributed by atoms with E-state index in [1.165, 1.54) is 17.1 Å². The molecule has 1 atom stereocenters. The Morgan fingerprint density at radius 1 is 1.69 bits per heavy atom. The third kappa shape index (κ3) is 2.60. The summed E-state index contributed by atoms with van der Waals surface area (Å²) in [6, 6.07) is 0. The minimum Gasteiger partial charge on any atom is -0.391 e. The molecule has 1 aliphatic carbocycles. The summed E-state index contributed by atoms with van der Waals surface area (Å²) in [6.07, 6.45) is 4.09. The predicted octanol–water partition coefficient (Wildman–Crippen LogP) is -0.531. The van der Waals surface area contributed by atoms with Crippen molar-refractivity contribution >= 4 is 10.0 Å².